The van der Waals surface area contributed by atoms with E-state index in [9.17, 15) is 0 Å². The molecule has 0 N–H and O–H groups in total. The Hall–Kier alpha value is -1.43. The minimum absolute atomic E-state index is 0. The Morgan fingerprint density at radius 2 is 1.20 bits per heavy atom. The molecule has 50 heavy (non-hydrogen) atoms. The predicted molar refractivity (Wildman–Crippen MR) is 216 cm³/mol. The van der Waals surface area contributed by atoms with Gasteiger partial charge in [-0.25, -0.2) is 0 Å². The number of hydrogen-bond acceptors (Lipinski definition) is 0. The first kappa shape index (κ1) is 38.3. The van der Waals surface area contributed by atoms with Crippen LogP contribution in [0.15, 0.2) is 91.0 Å². The number of benzene rings is 3. The first-order valence-electron chi connectivity index (χ1n) is 20.8. The third kappa shape index (κ3) is 6.33. The molecule has 0 aromatic heterocycles. The van der Waals surface area contributed by atoms with Crippen molar-refractivity contribution >= 4 is 23.2 Å². The van der Waals surface area contributed by atoms with Crippen LogP contribution in [0.3, 0.4) is 0 Å². The topological polar surface area (TPSA) is 0 Å². The molecule has 0 aliphatic heterocycles. The molecule has 3 aromatic rings. The van der Waals surface area contributed by atoms with E-state index in [1.165, 1.54) is 89.9 Å². The smallest absolute Gasteiger partial charge is 0.118 e. The van der Waals surface area contributed by atoms with Gasteiger partial charge in [-0.3, -0.25) is 0 Å². The third-order valence-electron chi connectivity index (χ3n) is 15.9. The largest absolute Gasteiger partial charge is 1.00 e. The molecule has 7 rings (SSSR count). The second kappa shape index (κ2) is 15.5. The van der Waals surface area contributed by atoms with Crippen LogP contribution in [0.4, 0.5) is 0 Å². The minimum Gasteiger partial charge on any atom is -1.00 e. The molecular weight excluding hydrogens is 687 g/mol. The van der Waals surface area contributed by atoms with E-state index >= 15 is 0 Å². The van der Waals surface area contributed by atoms with Crippen LogP contribution in [0.2, 0.25) is 0 Å². The van der Waals surface area contributed by atoms with Crippen molar-refractivity contribution in [2.45, 2.75) is 137 Å². The zero-order valence-corrected chi connectivity index (χ0v) is 34.9. The van der Waals surface area contributed by atoms with Crippen LogP contribution in [0.25, 0.3) is 0 Å². The molecule has 2 heteroatoms. The van der Waals surface area contributed by atoms with Crippen molar-refractivity contribution in [2.75, 3.05) is 0 Å². The van der Waals surface area contributed by atoms with Gasteiger partial charge in [-0.1, -0.05) is 122 Å². The molecule has 5 unspecified atom stereocenters. The van der Waals surface area contributed by atoms with Crippen molar-refractivity contribution < 1.29 is 17.0 Å². The highest BCUT2D eigenvalue weighted by atomic mass is 79.9. The van der Waals surface area contributed by atoms with Gasteiger partial charge in [0.05, 0.1) is 5.16 Å². The van der Waals surface area contributed by atoms with E-state index in [-0.39, 0.29) is 22.1 Å². The van der Waals surface area contributed by atoms with Gasteiger partial charge >= 0.3 is 0 Å². The standard InChI is InChI=1S/C48H68P.BrH/c1-7-31-48(49(39-20-11-8-12-21-39,40-22-13-9-14-23-40)41-24-15-10-16-25-41)34-33-46(5)38(35-48)26-27-42-44-29-28-43(37(4)19-17-18-36(2)3)47(44,6)32-30-45(42)46;/h8-16,20-25,36-38,42-45H,7,17-19,26-35H2,1-6H3;1H/q+1;/p-1/t37-,38?,42?,43-,44?,45?,46+,47-,48?;/m1./s1. The maximum atomic E-state index is 2.82. The molecule has 0 nitrogen and oxygen atoms in total. The highest BCUT2D eigenvalue weighted by molar-refractivity contribution is 7.97. The van der Waals surface area contributed by atoms with E-state index < -0.39 is 7.26 Å². The van der Waals surface area contributed by atoms with E-state index in [2.05, 4.69) is 133 Å². The summed E-state index contributed by atoms with van der Waals surface area (Å²) >= 11 is 0. The summed E-state index contributed by atoms with van der Waals surface area (Å²) in [5, 5.41) is 5.10. The summed E-state index contributed by atoms with van der Waals surface area (Å²) in [6, 6.07) is 35.7. The number of fused-ring (bicyclic) bond motifs is 5. The Morgan fingerprint density at radius 3 is 1.74 bits per heavy atom. The average Bonchev–Trinajstić information content (AvgIpc) is 3.48. The first-order valence-corrected chi connectivity index (χ1v) is 22.5. The summed E-state index contributed by atoms with van der Waals surface area (Å²) < 4.78 is 0. The van der Waals surface area contributed by atoms with Crippen LogP contribution >= 0.6 is 7.26 Å². The number of halogens is 1. The molecule has 4 aliphatic rings. The lowest BCUT2D eigenvalue weighted by atomic mass is 9.43. The van der Waals surface area contributed by atoms with Gasteiger partial charge in [0.2, 0.25) is 0 Å². The molecule has 0 amide bonds. The molecule has 4 aliphatic carbocycles. The second-order valence-corrected chi connectivity index (χ2v) is 22.4. The van der Waals surface area contributed by atoms with Gasteiger partial charge in [0.15, 0.2) is 0 Å². The Balaban J connectivity index is 0.00000432. The molecule has 0 heterocycles. The van der Waals surface area contributed by atoms with Crippen LogP contribution < -0.4 is 32.9 Å². The van der Waals surface area contributed by atoms with Gasteiger partial charge < -0.3 is 17.0 Å². The Labute approximate surface area is 318 Å². The quantitative estimate of drug-likeness (QED) is 0.171. The Bertz CT molecular complexity index is 1410. The molecule has 9 atom stereocenters. The maximum absolute atomic E-state index is 2.82. The van der Waals surface area contributed by atoms with Crippen LogP contribution in [-0.2, 0) is 0 Å². The fourth-order valence-electron chi connectivity index (χ4n) is 13.7. The molecule has 0 bridgehead atoms. The Morgan fingerprint density at radius 1 is 0.640 bits per heavy atom. The van der Waals surface area contributed by atoms with E-state index in [1.807, 2.05) is 0 Å². The summed E-state index contributed by atoms with van der Waals surface area (Å²) in [4.78, 5) is 0. The van der Waals surface area contributed by atoms with Crippen LogP contribution in [0.5, 0.6) is 0 Å². The van der Waals surface area contributed by atoms with Crippen LogP contribution in [0.1, 0.15) is 131 Å². The number of hydrogen-bond donors (Lipinski definition) is 0. The zero-order valence-electron chi connectivity index (χ0n) is 32.4. The fraction of sp³-hybridized carbons (Fsp3) is 0.625. The minimum atomic E-state index is -1.97. The van der Waals surface area contributed by atoms with Crippen molar-refractivity contribution in [3.05, 3.63) is 91.0 Å². The maximum Gasteiger partial charge on any atom is 0.118 e. The molecule has 0 radical (unpaired) electrons. The lowest BCUT2D eigenvalue weighted by Gasteiger charge is -2.63. The molecular formula is C48H68BrP. The van der Waals surface area contributed by atoms with Gasteiger partial charge in [0.25, 0.3) is 0 Å². The molecule has 4 fully saturated rings. The highest BCUT2D eigenvalue weighted by Crippen LogP contribution is 2.76. The molecule has 0 spiro atoms. The average molecular weight is 756 g/mol. The first-order chi connectivity index (χ1) is 23.7. The normalized spacial score (nSPS) is 34.3. The third-order valence-corrected chi connectivity index (χ3v) is 21.2. The predicted octanol–water partition coefficient (Wildman–Crippen LogP) is 9.64. The summed E-state index contributed by atoms with van der Waals surface area (Å²) in [5.41, 5.74) is 1.07. The van der Waals surface area contributed by atoms with Crippen molar-refractivity contribution in [1.82, 2.24) is 0 Å². The summed E-state index contributed by atoms with van der Waals surface area (Å²) in [6.45, 7) is 15.5. The lowest BCUT2D eigenvalue weighted by Crippen LogP contribution is -3.00. The van der Waals surface area contributed by atoms with E-state index in [4.69, 9.17) is 0 Å². The monoisotopic (exact) mass is 754 g/mol. The molecule has 0 saturated heterocycles. The lowest BCUT2D eigenvalue weighted by molar-refractivity contribution is -0.119. The molecule has 3 aromatic carbocycles. The van der Waals surface area contributed by atoms with Gasteiger partial charge in [-0.15, -0.1) is 0 Å². The summed E-state index contributed by atoms with van der Waals surface area (Å²) in [5.74, 6) is 6.38. The molecule has 272 valence electrons. The summed E-state index contributed by atoms with van der Waals surface area (Å²) in [7, 11) is -1.97. The highest BCUT2D eigenvalue weighted by Gasteiger charge is 2.68. The van der Waals surface area contributed by atoms with Gasteiger partial charge in [-0.05, 0) is 153 Å². The fourth-order valence-corrected chi connectivity index (χ4v) is 19.6. The molecule has 4 saturated carbocycles. The second-order valence-electron chi connectivity index (χ2n) is 18.5. The van der Waals surface area contributed by atoms with E-state index in [1.54, 1.807) is 15.9 Å². The SMILES string of the molecule is CCCC1([P+](c2ccccc2)(c2ccccc2)c2ccccc2)CC[C@@]2(C)C(CCC3C2CC[C@@]2(C)C3CC[C@@H]2[C@H](C)CCCC(C)C)C1.[Br-]. The van der Waals surface area contributed by atoms with Gasteiger partial charge in [0, 0.05) is 0 Å². The van der Waals surface area contributed by atoms with Gasteiger partial charge in [-0.2, -0.15) is 0 Å². The van der Waals surface area contributed by atoms with Crippen molar-refractivity contribution in [1.29, 1.82) is 0 Å². The van der Waals surface area contributed by atoms with E-state index in [0.29, 0.717) is 10.8 Å². The number of rotatable bonds is 11. The van der Waals surface area contributed by atoms with Crippen molar-refractivity contribution in [2.24, 2.45) is 52.3 Å². The van der Waals surface area contributed by atoms with Crippen LogP contribution in [0, 0.1) is 52.3 Å². The van der Waals surface area contributed by atoms with Crippen molar-refractivity contribution in [3.63, 3.8) is 0 Å². The zero-order chi connectivity index (χ0) is 34.3. The summed E-state index contributed by atoms with van der Waals surface area (Å²) in [6.07, 6.45) is 20.1. The van der Waals surface area contributed by atoms with E-state index in [0.717, 1.165) is 41.4 Å². The van der Waals surface area contributed by atoms with Crippen molar-refractivity contribution in [3.8, 4) is 0 Å². The van der Waals surface area contributed by atoms with Crippen LogP contribution in [-0.4, -0.2) is 5.16 Å². The Kier molecular flexibility index (Phi) is 11.9. The van der Waals surface area contributed by atoms with Gasteiger partial charge in [0.1, 0.15) is 23.2 Å².